The average molecular weight is 279 g/mol. The number of hydrogen-bond donors (Lipinski definition) is 2. The van der Waals surface area contributed by atoms with Gasteiger partial charge < -0.3 is 4.90 Å². The van der Waals surface area contributed by atoms with Crippen molar-refractivity contribution in [3.8, 4) is 0 Å². The van der Waals surface area contributed by atoms with Crippen LogP contribution < -0.4 is 16.2 Å². The number of halogens is 1. The Morgan fingerprint density at radius 3 is 3.00 bits per heavy atom. The van der Waals surface area contributed by atoms with Crippen LogP contribution in [0.2, 0.25) is 0 Å². The normalized spacial score (nSPS) is 14.4. The molecule has 1 aliphatic rings. The molecular formula is C12H14FN5S. The van der Waals surface area contributed by atoms with Crippen LogP contribution in [0, 0.1) is 5.82 Å². The van der Waals surface area contributed by atoms with Crippen LogP contribution in [0.25, 0.3) is 0 Å². The first-order chi connectivity index (χ1) is 9.28. The van der Waals surface area contributed by atoms with Crippen LogP contribution in [0.3, 0.4) is 0 Å². The number of hydrazine groups is 1. The molecule has 0 bridgehead atoms. The summed E-state index contributed by atoms with van der Waals surface area (Å²) in [7, 11) is 0. The standard InChI is InChI=1S/C12H14FN5S/c13-10-6-15-12(17-14)16-11(10)18(8-3-4-8)7-9-2-1-5-19-9/h1-2,5-6,8H,3-4,7,14H2,(H,15,16,17). The molecular weight excluding hydrogens is 265 g/mol. The number of hydrogen-bond acceptors (Lipinski definition) is 6. The zero-order valence-electron chi connectivity index (χ0n) is 10.2. The third-order valence-corrected chi connectivity index (χ3v) is 3.88. The van der Waals surface area contributed by atoms with Gasteiger partial charge in [-0.05, 0) is 24.3 Å². The first-order valence-electron chi connectivity index (χ1n) is 6.06. The molecule has 2 aromatic rings. The molecule has 0 aromatic carbocycles. The summed E-state index contributed by atoms with van der Waals surface area (Å²) in [6.45, 7) is 0.667. The predicted octanol–water partition coefficient (Wildman–Crippen LogP) is 2.13. The Bertz CT molecular complexity index is 555. The first kappa shape index (κ1) is 12.3. The maximum absolute atomic E-state index is 13.9. The fraction of sp³-hybridized carbons (Fsp3) is 0.333. The molecule has 7 heteroatoms. The van der Waals surface area contributed by atoms with E-state index in [1.165, 1.54) is 4.88 Å². The van der Waals surface area contributed by atoms with Crippen LogP contribution >= 0.6 is 11.3 Å². The van der Waals surface area contributed by atoms with Gasteiger partial charge in [-0.15, -0.1) is 11.3 Å². The minimum atomic E-state index is -0.414. The fourth-order valence-electron chi connectivity index (χ4n) is 1.96. The van der Waals surface area contributed by atoms with Crippen molar-refractivity contribution < 1.29 is 4.39 Å². The van der Waals surface area contributed by atoms with Crippen molar-refractivity contribution in [2.75, 3.05) is 10.3 Å². The molecule has 1 aliphatic carbocycles. The zero-order valence-corrected chi connectivity index (χ0v) is 11.0. The molecule has 0 unspecified atom stereocenters. The Kier molecular flexibility index (Phi) is 3.31. The Balaban J connectivity index is 1.91. The highest BCUT2D eigenvalue weighted by Gasteiger charge is 2.32. The van der Waals surface area contributed by atoms with Crippen molar-refractivity contribution >= 4 is 23.1 Å². The van der Waals surface area contributed by atoms with Crippen LogP contribution in [0.4, 0.5) is 16.2 Å². The fourth-order valence-corrected chi connectivity index (χ4v) is 2.67. The number of nitrogen functional groups attached to an aromatic ring is 1. The number of rotatable bonds is 5. The molecule has 1 fully saturated rings. The summed E-state index contributed by atoms with van der Waals surface area (Å²) in [5.41, 5.74) is 2.35. The number of nitrogens with zero attached hydrogens (tertiary/aromatic N) is 3. The molecule has 2 aromatic heterocycles. The zero-order chi connectivity index (χ0) is 13.2. The number of thiophene rings is 1. The van der Waals surface area contributed by atoms with Gasteiger partial charge in [-0.25, -0.2) is 15.2 Å². The second kappa shape index (κ2) is 5.10. The summed E-state index contributed by atoms with van der Waals surface area (Å²) in [5, 5.41) is 2.02. The molecule has 3 rings (SSSR count). The molecule has 0 amide bonds. The second-order valence-corrected chi connectivity index (χ2v) is 5.48. The van der Waals surface area contributed by atoms with E-state index in [0.29, 0.717) is 18.4 Å². The summed E-state index contributed by atoms with van der Waals surface area (Å²) >= 11 is 1.66. The SMILES string of the molecule is NNc1ncc(F)c(N(Cc2cccs2)C2CC2)n1. The monoisotopic (exact) mass is 279 g/mol. The molecule has 0 radical (unpaired) electrons. The first-order valence-corrected chi connectivity index (χ1v) is 6.94. The molecule has 0 spiro atoms. The smallest absolute Gasteiger partial charge is 0.239 e. The molecule has 2 heterocycles. The lowest BCUT2D eigenvalue weighted by molar-refractivity contribution is 0.599. The summed E-state index contributed by atoms with van der Waals surface area (Å²) in [6, 6.07) is 4.40. The molecule has 0 saturated heterocycles. The van der Waals surface area contributed by atoms with Crippen LogP contribution in [-0.4, -0.2) is 16.0 Å². The summed E-state index contributed by atoms with van der Waals surface area (Å²) in [6.07, 6.45) is 3.29. The lowest BCUT2D eigenvalue weighted by atomic mass is 10.3. The lowest BCUT2D eigenvalue weighted by Crippen LogP contribution is -2.27. The van der Waals surface area contributed by atoms with Crippen molar-refractivity contribution in [3.63, 3.8) is 0 Å². The average Bonchev–Trinajstić information content (AvgIpc) is 3.14. The highest BCUT2D eigenvalue weighted by Crippen LogP contribution is 2.34. The van der Waals surface area contributed by atoms with Gasteiger partial charge in [0.05, 0.1) is 12.7 Å². The Morgan fingerprint density at radius 2 is 2.37 bits per heavy atom. The van der Waals surface area contributed by atoms with E-state index >= 15 is 0 Å². The van der Waals surface area contributed by atoms with Crippen LogP contribution in [0.1, 0.15) is 17.7 Å². The van der Waals surface area contributed by atoms with Crippen LogP contribution in [-0.2, 0) is 6.54 Å². The third-order valence-electron chi connectivity index (χ3n) is 3.02. The molecule has 3 N–H and O–H groups in total. The highest BCUT2D eigenvalue weighted by molar-refractivity contribution is 7.09. The topological polar surface area (TPSA) is 67.1 Å². The minimum Gasteiger partial charge on any atom is -0.346 e. The van der Waals surface area contributed by atoms with E-state index in [9.17, 15) is 4.39 Å². The number of nitrogens with two attached hydrogens (primary N) is 1. The van der Waals surface area contributed by atoms with E-state index in [1.807, 2.05) is 22.4 Å². The van der Waals surface area contributed by atoms with Crippen molar-refractivity contribution in [3.05, 3.63) is 34.4 Å². The van der Waals surface area contributed by atoms with Crippen LogP contribution in [0.5, 0.6) is 0 Å². The Labute approximate surface area is 114 Å². The number of nitrogens with one attached hydrogen (secondary N) is 1. The third kappa shape index (κ3) is 2.66. The molecule has 0 aliphatic heterocycles. The highest BCUT2D eigenvalue weighted by atomic mass is 32.1. The summed E-state index contributed by atoms with van der Waals surface area (Å²) in [4.78, 5) is 11.1. The van der Waals surface area contributed by atoms with E-state index < -0.39 is 5.82 Å². The van der Waals surface area contributed by atoms with Gasteiger partial charge in [0.15, 0.2) is 11.6 Å². The van der Waals surface area contributed by atoms with Gasteiger partial charge in [0.25, 0.3) is 0 Å². The Morgan fingerprint density at radius 1 is 1.53 bits per heavy atom. The quantitative estimate of drug-likeness (QED) is 0.648. The van der Waals surface area contributed by atoms with E-state index in [0.717, 1.165) is 19.0 Å². The summed E-state index contributed by atoms with van der Waals surface area (Å²) in [5.74, 6) is 5.42. The van der Waals surface area contributed by atoms with Crippen molar-refractivity contribution in [2.45, 2.75) is 25.4 Å². The van der Waals surface area contributed by atoms with Crippen LogP contribution in [0.15, 0.2) is 23.7 Å². The van der Waals surface area contributed by atoms with Gasteiger partial charge in [0.1, 0.15) is 0 Å². The largest absolute Gasteiger partial charge is 0.346 e. The van der Waals surface area contributed by atoms with Gasteiger partial charge in [-0.3, -0.25) is 5.43 Å². The van der Waals surface area contributed by atoms with Gasteiger partial charge in [0, 0.05) is 10.9 Å². The second-order valence-electron chi connectivity index (χ2n) is 4.45. The summed E-state index contributed by atoms with van der Waals surface area (Å²) < 4.78 is 13.9. The molecule has 19 heavy (non-hydrogen) atoms. The number of aromatic nitrogens is 2. The maximum Gasteiger partial charge on any atom is 0.239 e. The van der Waals surface area contributed by atoms with Crippen molar-refractivity contribution in [1.29, 1.82) is 0 Å². The molecule has 1 saturated carbocycles. The predicted molar refractivity (Wildman–Crippen MR) is 73.3 cm³/mol. The van der Waals surface area contributed by atoms with E-state index in [1.54, 1.807) is 11.3 Å². The Hall–Kier alpha value is -1.73. The van der Waals surface area contributed by atoms with Crippen molar-refractivity contribution in [1.82, 2.24) is 9.97 Å². The molecule has 0 atom stereocenters. The van der Waals surface area contributed by atoms with E-state index in [-0.39, 0.29) is 5.95 Å². The van der Waals surface area contributed by atoms with Crippen molar-refractivity contribution in [2.24, 2.45) is 5.84 Å². The number of anilines is 2. The van der Waals surface area contributed by atoms with E-state index in [4.69, 9.17) is 5.84 Å². The van der Waals surface area contributed by atoms with E-state index in [2.05, 4.69) is 15.4 Å². The molecule has 100 valence electrons. The maximum atomic E-state index is 13.9. The minimum absolute atomic E-state index is 0.230. The van der Waals surface area contributed by atoms with Gasteiger partial charge >= 0.3 is 0 Å². The lowest BCUT2D eigenvalue weighted by Gasteiger charge is -2.23. The van der Waals surface area contributed by atoms with Gasteiger partial charge in [-0.1, -0.05) is 6.07 Å². The van der Waals surface area contributed by atoms with Gasteiger partial charge in [-0.2, -0.15) is 4.98 Å². The van der Waals surface area contributed by atoms with Gasteiger partial charge in [0.2, 0.25) is 5.95 Å². The molecule has 5 nitrogen and oxygen atoms in total.